The third kappa shape index (κ3) is 4.96. The van der Waals surface area contributed by atoms with Crippen LogP contribution in [0.25, 0.3) is 11.4 Å². The zero-order valence-electron chi connectivity index (χ0n) is 17.7. The molecule has 0 radical (unpaired) electrons. The highest BCUT2D eigenvalue weighted by molar-refractivity contribution is 5.76. The molecule has 30 heavy (non-hydrogen) atoms. The van der Waals surface area contributed by atoms with E-state index >= 15 is 0 Å². The van der Waals surface area contributed by atoms with E-state index in [2.05, 4.69) is 38.5 Å². The molecule has 0 N–H and O–H groups in total. The van der Waals surface area contributed by atoms with Crippen molar-refractivity contribution in [2.24, 2.45) is 5.92 Å². The predicted molar refractivity (Wildman–Crippen MR) is 119 cm³/mol. The molecule has 5 heteroatoms. The second-order valence-corrected chi connectivity index (χ2v) is 8.21. The van der Waals surface area contributed by atoms with E-state index < -0.39 is 0 Å². The first-order valence-corrected chi connectivity index (χ1v) is 10.9. The van der Waals surface area contributed by atoms with Gasteiger partial charge in [-0.1, -0.05) is 30.3 Å². The number of pyridine rings is 1. The molecule has 1 amide bonds. The van der Waals surface area contributed by atoms with E-state index in [4.69, 9.17) is 0 Å². The summed E-state index contributed by atoms with van der Waals surface area (Å²) < 4.78 is 2.31. The average Bonchev–Trinajstić information content (AvgIpc) is 3.18. The Hall–Kier alpha value is -2.95. The Kier molecular flexibility index (Phi) is 6.57. The summed E-state index contributed by atoms with van der Waals surface area (Å²) in [5.74, 6) is 1.97. The van der Waals surface area contributed by atoms with Gasteiger partial charge in [0.2, 0.25) is 5.91 Å². The highest BCUT2D eigenvalue weighted by atomic mass is 16.2. The minimum absolute atomic E-state index is 0.294. The van der Waals surface area contributed by atoms with Gasteiger partial charge in [-0.2, -0.15) is 0 Å². The molecule has 3 aromatic rings. The fourth-order valence-electron chi connectivity index (χ4n) is 4.31. The molecule has 0 aliphatic carbocycles. The van der Waals surface area contributed by atoms with Crippen LogP contribution >= 0.6 is 0 Å². The number of aromatic nitrogens is 3. The van der Waals surface area contributed by atoms with Crippen molar-refractivity contribution in [3.63, 3.8) is 0 Å². The molecule has 1 aromatic carbocycles. The van der Waals surface area contributed by atoms with E-state index in [0.29, 0.717) is 18.2 Å². The third-order valence-electron chi connectivity index (χ3n) is 6.19. The van der Waals surface area contributed by atoms with Crippen LogP contribution < -0.4 is 0 Å². The van der Waals surface area contributed by atoms with Crippen LogP contribution in [0.2, 0.25) is 0 Å². The van der Waals surface area contributed by atoms with Crippen LogP contribution in [-0.2, 0) is 17.8 Å². The number of hydrogen-bond acceptors (Lipinski definition) is 3. The summed E-state index contributed by atoms with van der Waals surface area (Å²) in [6, 6.07) is 14.3. The summed E-state index contributed by atoms with van der Waals surface area (Å²) in [6.45, 7) is 4.86. The lowest BCUT2D eigenvalue weighted by atomic mass is 9.93. The Morgan fingerprint density at radius 3 is 2.53 bits per heavy atom. The van der Waals surface area contributed by atoms with Gasteiger partial charge in [0.05, 0.1) is 0 Å². The molecule has 0 atom stereocenters. The second kappa shape index (κ2) is 9.70. The third-order valence-corrected chi connectivity index (χ3v) is 6.19. The molecule has 0 spiro atoms. The summed E-state index contributed by atoms with van der Waals surface area (Å²) in [5.41, 5.74) is 3.54. The molecule has 1 aliphatic heterocycles. The number of hydrogen-bond donors (Lipinski definition) is 0. The quantitative estimate of drug-likeness (QED) is 0.584. The number of piperidine rings is 1. The molecule has 1 fully saturated rings. The Balaban J connectivity index is 1.26. The lowest BCUT2D eigenvalue weighted by Gasteiger charge is -2.32. The maximum Gasteiger partial charge on any atom is 0.222 e. The van der Waals surface area contributed by atoms with E-state index in [9.17, 15) is 4.79 Å². The Labute approximate surface area is 178 Å². The summed E-state index contributed by atoms with van der Waals surface area (Å²) >= 11 is 0. The van der Waals surface area contributed by atoms with E-state index in [1.54, 1.807) is 0 Å². The SMILES string of the molecule is Cc1cnc(-c2ccncc2)n1CCC1CCN(C(=O)CCc2ccccc2)CC1. The Morgan fingerprint density at radius 2 is 1.80 bits per heavy atom. The number of amides is 1. The fourth-order valence-corrected chi connectivity index (χ4v) is 4.31. The Morgan fingerprint density at radius 1 is 1.07 bits per heavy atom. The van der Waals surface area contributed by atoms with Gasteiger partial charge < -0.3 is 9.47 Å². The van der Waals surface area contributed by atoms with Crippen molar-refractivity contribution in [1.82, 2.24) is 19.4 Å². The molecule has 3 heterocycles. The monoisotopic (exact) mass is 402 g/mol. The molecule has 0 bridgehead atoms. The predicted octanol–water partition coefficient (Wildman–Crippen LogP) is 4.52. The van der Waals surface area contributed by atoms with E-state index in [1.807, 2.05) is 48.9 Å². The average molecular weight is 403 g/mol. The second-order valence-electron chi connectivity index (χ2n) is 8.21. The number of benzene rings is 1. The maximum absolute atomic E-state index is 12.6. The smallest absolute Gasteiger partial charge is 0.222 e. The van der Waals surface area contributed by atoms with Crippen molar-refractivity contribution >= 4 is 5.91 Å². The Bertz CT molecular complexity index is 944. The number of likely N-dealkylation sites (tertiary alicyclic amines) is 1. The summed E-state index contributed by atoms with van der Waals surface area (Å²) in [5, 5.41) is 0. The van der Waals surface area contributed by atoms with Gasteiger partial charge in [-0.25, -0.2) is 4.98 Å². The molecule has 156 valence electrons. The van der Waals surface area contributed by atoms with Crippen molar-refractivity contribution in [2.45, 2.75) is 45.6 Å². The summed E-state index contributed by atoms with van der Waals surface area (Å²) in [7, 11) is 0. The maximum atomic E-state index is 12.6. The number of nitrogens with zero attached hydrogens (tertiary/aromatic N) is 4. The number of carbonyl (C=O) groups is 1. The minimum atomic E-state index is 0.294. The van der Waals surface area contributed by atoms with Gasteiger partial charge in [0.1, 0.15) is 5.82 Å². The van der Waals surface area contributed by atoms with E-state index in [-0.39, 0.29) is 0 Å². The standard InChI is InChI=1S/C25H30N4O/c1-20-19-27-25(23-9-14-26-15-10-23)29(20)18-13-22-11-16-28(17-12-22)24(30)8-7-21-5-3-2-4-6-21/h2-6,9-10,14-15,19,22H,7-8,11-13,16-18H2,1H3. The summed E-state index contributed by atoms with van der Waals surface area (Å²) in [4.78, 5) is 23.4. The molecule has 0 unspecified atom stereocenters. The van der Waals surface area contributed by atoms with Crippen LogP contribution in [0.4, 0.5) is 0 Å². The van der Waals surface area contributed by atoms with Crippen LogP contribution in [0, 0.1) is 12.8 Å². The van der Waals surface area contributed by atoms with Crippen molar-refractivity contribution in [3.8, 4) is 11.4 Å². The van der Waals surface area contributed by atoms with Crippen molar-refractivity contribution < 1.29 is 4.79 Å². The minimum Gasteiger partial charge on any atom is -0.343 e. The normalized spacial score (nSPS) is 14.8. The van der Waals surface area contributed by atoms with Gasteiger partial charge in [-0.15, -0.1) is 0 Å². The highest BCUT2D eigenvalue weighted by Gasteiger charge is 2.23. The topological polar surface area (TPSA) is 51.0 Å². The molecule has 4 rings (SSSR count). The van der Waals surface area contributed by atoms with E-state index in [0.717, 1.165) is 56.7 Å². The van der Waals surface area contributed by atoms with Crippen LogP contribution in [-0.4, -0.2) is 38.4 Å². The van der Waals surface area contributed by atoms with Crippen molar-refractivity contribution in [3.05, 3.63) is 72.3 Å². The van der Waals surface area contributed by atoms with Gasteiger partial charge in [0, 0.05) is 55.9 Å². The zero-order chi connectivity index (χ0) is 20.8. The van der Waals surface area contributed by atoms with Gasteiger partial charge in [-0.05, 0) is 56.2 Å². The number of imidazole rings is 1. The zero-order valence-corrected chi connectivity index (χ0v) is 17.7. The van der Waals surface area contributed by atoms with Gasteiger partial charge in [0.15, 0.2) is 0 Å². The highest BCUT2D eigenvalue weighted by Crippen LogP contribution is 2.25. The fraction of sp³-hybridized carbons (Fsp3) is 0.400. The first kappa shape index (κ1) is 20.3. The van der Waals surface area contributed by atoms with Crippen LogP contribution in [0.5, 0.6) is 0 Å². The summed E-state index contributed by atoms with van der Waals surface area (Å²) in [6.07, 6.45) is 10.3. The molecule has 2 aromatic heterocycles. The molecular formula is C25H30N4O. The van der Waals surface area contributed by atoms with Crippen LogP contribution in [0.1, 0.15) is 36.9 Å². The lowest BCUT2D eigenvalue weighted by molar-refractivity contribution is -0.132. The van der Waals surface area contributed by atoms with Crippen molar-refractivity contribution in [2.75, 3.05) is 13.1 Å². The lowest BCUT2D eigenvalue weighted by Crippen LogP contribution is -2.38. The molecule has 5 nitrogen and oxygen atoms in total. The molecule has 1 aliphatic rings. The van der Waals surface area contributed by atoms with Gasteiger partial charge >= 0.3 is 0 Å². The molecule has 0 saturated carbocycles. The first-order chi connectivity index (χ1) is 14.7. The van der Waals surface area contributed by atoms with Gasteiger partial charge in [-0.3, -0.25) is 9.78 Å². The first-order valence-electron chi connectivity index (χ1n) is 10.9. The number of aryl methyl sites for hydroxylation is 2. The van der Waals surface area contributed by atoms with Crippen molar-refractivity contribution in [1.29, 1.82) is 0 Å². The van der Waals surface area contributed by atoms with Crippen LogP contribution in [0.15, 0.2) is 61.1 Å². The number of rotatable bonds is 7. The largest absolute Gasteiger partial charge is 0.343 e. The molecular weight excluding hydrogens is 372 g/mol. The van der Waals surface area contributed by atoms with Crippen LogP contribution in [0.3, 0.4) is 0 Å². The molecule has 1 saturated heterocycles. The van der Waals surface area contributed by atoms with Gasteiger partial charge in [0.25, 0.3) is 0 Å². The number of carbonyl (C=O) groups excluding carboxylic acids is 1. The van der Waals surface area contributed by atoms with E-state index in [1.165, 1.54) is 11.3 Å².